The number of fused-ring (bicyclic) bond motifs is 1. The Morgan fingerprint density at radius 2 is 2.41 bits per heavy atom. The van der Waals surface area contributed by atoms with Crippen LogP contribution in [0.3, 0.4) is 0 Å². The van der Waals surface area contributed by atoms with Crippen molar-refractivity contribution in [2.24, 2.45) is 11.8 Å². The maximum Gasteiger partial charge on any atom is 0.317 e. The van der Waals surface area contributed by atoms with E-state index in [9.17, 15) is 9.90 Å². The number of aromatic nitrogens is 1. The van der Waals surface area contributed by atoms with E-state index in [4.69, 9.17) is 4.74 Å². The number of nitrogens with one attached hydrogen (secondary N) is 1. The summed E-state index contributed by atoms with van der Waals surface area (Å²) in [6.45, 7) is 3.81. The summed E-state index contributed by atoms with van der Waals surface area (Å²) >= 11 is 1.55. The second kappa shape index (κ2) is 6.52. The number of rotatable bonds is 4. The predicted octanol–water partition coefficient (Wildman–Crippen LogP) is 1.76. The summed E-state index contributed by atoms with van der Waals surface area (Å²) in [7, 11) is 1.66. The van der Waals surface area contributed by atoms with Crippen LogP contribution in [0.1, 0.15) is 36.6 Å². The number of urea groups is 1. The summed E-state index contributed by atoms with van der Waals surface area (Å²) < 4.78 is 5.24. The van der Waals surface area contributed by atoms with Crippen LogP contribution in [-0.4, -0.2) is 47.3 Å². The average Bonchev–Trinajstić information content (AvgIpc) is 3.21. The number of ether oxygens (including phenoxy) is 1. The molecule has 0 radical (unpaired) electrons. The lowest BCUT2D eigenvalue weighted by atomic mass is 10.00. The van der Waals surface area contributed by atoms with Gasteiger partial charge in [-0.15, -0.1) is 11.3 Å². The molecule has 1 aliphatic heterocycles. The highest BCUT2D eigenvalue weighted by molar-refractivity contribution is 7.09. The van der Waals surface area contributed by atoms with Crippen LogP contribution in [0.4, 0.5) is 4.79 Å². The van der Waals surface area contributed by atoms with Gasteiger partial charge in [-0.2, -0.15) is 0 Å². The molecule has 3 rings (SSSR count). The monoisotopic (exact) mass is 325 g/mol. The minimum atomic E-state index is -0.237. The molecule has 122 valence electrons. The smallest absolute Gasteiger partial charge is 0.317 e. The van der Waals surface area contributed by atoms with Gasteiger partial charge >= 0.3 is 6.03 Å². The summed E-state index contributed by atoms with van der Waals surface area (Å²) in [4.78, 5) is 18.5. The first-order valence-corrected chi connectivity index (χ1v) is 8.64. The van der Waals surface area contributed by atoms with E-state index < -0.39 is 0 Å². The molecule has 0 aromatic carbocycles. The second-order valence-electron chi connectivity index (χ2n) is 6.19. The fourth-order valence-electron chi connectivity index (χ4n) is 3.37. The molecular weight excluding hydrogens is 302 g/mol. The van der Waals surface area contributed by atoms with Crippen LogP contribution in [0.25, 0.3) is 0 Å². The number of thiazole rings is 1. The number of nitrogens with zero attached hydrogens (tertiary/aromatic N) is 2. The molecule has 4 atom stereocenters. The van der Waals surface area contributed by atoms with Crippen molar-refractivity contribution in [1.29, 1.82) is 0 Å². The fourth-order valence-corrected chi connectivity index (χ4v) is 4.22. The Balaban J connectivity index is 1.50. The molecule has 2 aliphatic rings. The Bertz CT molecular complexity index is 536. The molecule has 0 spiro atoms. The van der Waals surface area contributed by atoms with Gasteiger partial charge in [0.25, 0.3) is 0 Å². The van der Waals surface area contributed by atoms with Crippen molar-refractivity contribution in [3.8, 4) is 0 Å². The normalized spacial score (nSPS) is 28.7. The molecule has 6 nitrogen and oxygen atoms in total. The summed E-state index contributed by atoms with van der Waals surface area (Å²) in [5.74, 6) is 0.730. The molecule has 1 saturated heterocycles. The third-order valence-electron chi connectivity index (χ3n) is 4.80. The number of aliphatic hydroxyl groups excluding tert-OH is 1. The lowest BCUT2D eigenvalue weighted by Crippen LogP contribution is -2.39. The van der Waals surface area contributed by atoms with Crippen LogP contribution >= 0.6 is 11.3 Å². The molecule has 7 heteroatoms. The van der Waals surface area contributed by atoms with Gasteiger partial charge in [-0.25, -0.2) is 9.78 Å². The average molecular weight is 325 g/mol. The molecule has 2 heterocycles. The topological polar surface area (TPSA) is 74.7 Å². The molecule has 2 N–H and O–H groups in total. The van der Waals surface area contributed by atoms with Crippen molar-refractivity contribution in [2.75, 3.05) is 20.2 Å². The first-order chi connectivity index (χ1) is 10.6. The van der Waals surface area contributed by atoms with E-state index in [-0.39, 0.29) is 24.2 Å². The number of hydrogen-bond donors (Lipinski definition) is 2. The summed E-state index contributed by atoms with van der Waals surface area (Å²) in [5.41, 5.74) is 0.858. The Morgan fingerprint density at radius 3 is 3.14 bits per heavy atom. The summed E-state index contributed by atoms with van der Waals surface area (Å²) in [6.07, 6.45) is 1.65. The first-order valence-electron chi connectivity index (χ1n) is 7.76. The van der Waals surface area contributed by atoms with Crippen LogP contribution in [-0.2, 0) is 11.3 Å². The van der Waals surface area contributed by atoms with E-state index >= 15 is 0 Å². The van der Waals surface area contributed by atoms with E-state index in [0.29, 0.717) is 19.0 Å². The van der Waals surface area contributed by atoms with Crippen LogP contribution < -0.4 is 5.32 Å². The number of aliphatic hydroxyl groups is 1. The molecule has 0 bridgehead atoms. The fraction of sp³-hybridized carbons (Fsp3) is 0.733. The Hall–Kier alpha value is -1.18. The molecule has 1 saturated carbocycles. The summed E-state index contributed by atoms with van der Waals surface area (Å²) in [5, 5.41) is 15.7. The minimum absolute atomic E-state index is 0.0195. The zero-order valence-electron chi connectivity index (χ0n) is 13.0. The minimum Gasteiger partial charge on any atom is -0.393 e. The number of carbonyl (C=O) groups excluding carboxylic acids is 1. The number of amides is 2. The highest BCUT2D eigenvalue weighted by atomic mass is 32.1. The zero-order chi connectivity index (χ0) is 15.7. The maximum atomic E-state index is 12.2. The largest absolute Gasteiger partial charge is 0.393 e. The second-order valence-corrected chi connectivity index (χ2v) is 7.08. The molecule has 4 unspecified atom stereocenters. The van der Waals surface area contributed by atoms with Gasteiger partial charge in [-0.1, -0.05) is 0 Å². The number of methoxy groups -OCH3 is 1. The predicted molar refractivity (Wildman–Crippen MR) is 83.6 cm³/mol. The van der Waals surface area contributed by atoms with Gasteiger partial charge in [-0.3, -0.25) is 0 Å². The molecule has 2 amide bonds. The SMILES string of the molecule is COC(C)c1nc(CNC(=O)N2CC3CCC(O)C3C2)cs1. The summed E-state index contributed by atoms with van der Waals surface area (Å²) in [6, 6.07) is -0.0593. The third-order valence-corrected chi connectivity index (χ3v) is 5.85. The van der Waals surface area contributed by atoms with Crippen LogP contribution in [0, 0.1) is 11.8 Å². The number of hydrogen-bond acceptors (Lipinski definition) is 5. The van der Waals surface area contributed by atoms with Crippen molar-refractivity contribution in [1.82, 2.24) is 15.2 Å². The quantitative estimate of drug-likeness (QED) is 0.884. The van der Waals surface area contributed by atoms with Crippen LogP contribution in [0.2, 0.25) is 0 Å². The van der Waals surface area contributed by atoms with Gasteiger partial charge in [0.05, 0.1) is 18.3 Å². The Labute approximate surface area is 134 Å². The molecular formula is C15H23N3O3S. The lowest BCUT2D eigenvalue weighted by molar-refractivity contribution is 0.119. The van der Waals surface area contributed by atoms with Gasteiger partial charge in [0.2, 0.25) is 0 Å². The highest BCUT2D eigenvalue weighted by Crippen LogP contribution is 2.37. The zero-order valence-corrected chi connectivity index (χ0v) is 13.8. The number of likely N-dealkylation sites (tertiary alicyclic amines) is 1. The molecule has 1 aromatic rings. The van der Waals surface area contributed by atoms with Crippen molar-refractivity contribution in [3.05, 3.63) is 16.1 Å². The highest BCUT2D eigenvalue weighted by Gasteiger charge is 2.43. The van der Waals surface area contributed by atoms with Crippen molar-refractivity contribution in [2.45, 2.75) is 38.5 Å². The molecule has 1 aliphatic carbocycles. The van der Waals surface area contributed by atoms with E-state index in [1.54, 1.807) is 18.4 Å². The van der Waals surface area contributed by atoms with Gasteiger partial charge in [0, 0.05) is 31.5 Å². The van der Waals surface area contributed by atoms with E-state index in [1.807, 2.05) is 17.2 Å². The Morgan fingerprint density at radius 1 is 1.59 bits per heavy atom. The maximum absolute atomic E-state index is 12.2. The molecule has 1 aromatic heterocycles. The van der Waals surface area contributed by atoms with E-state index in [2.05, 4.69) is 10.3 Å². The van der Waals surface area contributed by atoms with E-state index in [0.717, 1.165) is 30.1 Å². The van der Waals surface area contributed by atoms with Crippen LogP contribution in [0.5, 0.6) is 0 Å². The lowest BCUT2D eigenvalue weighted by Gasteiger charge is -2.18. The standard InChI is InChI=1S/C15H23N3O3S/c1-9(21-2)14-17-11(8-22-14)5-16-15(20)18-6-10-3-4-13(19)12(10)7-18/h8-10,12-13,19H,3-7H2,1-2H3,(H,16,20). The van der Waals surface area contributed by atoms with E-state index in [1.165, 1.54) is 0 Å². The van der Waals surface area contributed by atoms with Gasteiger partial charge in [-0.05, 0) is 25.7 Å². The van der Waals surface area contributed by atoms with Crippen molar-refractivity contribution < 1.29 is 14.6 Å². The first kappa shape index (κ1) is 15.7. The molecule has 2 fully saturated rings. The third kappa shape index (κ3) is 3.11. The van der Waals surface area contributed by atoms with Gasteiger partial charge in [0.15, 0.2) is 0 Å². The van der Waals surface area contributed by atoms with Crippen molar-refractivity contribution in [3.63, 3.8) is 0 Å². The van der Waals surface area contributed by atoms with Gasteiger partial charge in [0.1, 0.15) is 11.1 Å². The molecule has 22 heavy (non-hydrogen) atoms. The van der Waals surface area contributed by atoms with Gasteiger partial charge < -0.3 is 20.1 Å². The number of carbonyl (C=O) groups is 1. The van der Waals surface area contributed by atoms with Crippen molar-refractivity contribution >= 4 is 17.4 Å². The van der Waals surface area contributed by atoms with Crippen LogP contribution in [0.15, 0.2) is 5.38 Å². The Kier molecular flexibility index (Phi) is 4.65.